The van der Waals surface area contributed by atoms with E-state index in [1.807, 2.05) is 11.0 Å². The van der Waals surface area contributed by atoms with Crippen molar-refractivity contribution in [1.82, 2.24) is 10.2 Å². The largest absolute Gasteiger partial charge is 0.377 e. The van der Waals surface area contributed by atoms with Crippen LogP contribution in [0, 0.1) is 0 Å². The molecule has 0 radical (unpaired) electrons. The highest BCUT2D eigenvalue weighted by Crippen LogP contribution is 2.15. The summed E-state index contributed by atoms with van der Waals surface area (Å²) in [5.74, 6) is 0.200. The third kappa shape index (κ3) is 5.81. The molecular formula is C17H27Cl2N3O2. The zero-order chi connectivity index (χ0) is 15.2. The second kappa shape index (κ2) is 10.8. The number of rotatable bonds is 5. The maximum absolute atomic E-state index is 12.2. The summed E-state index contributed by atoms with van der Waals surface area (Å²) < 4.78 is 5.55. The van der Waals surface area contributed by atoms with Gasteiger partial charge in [0.25, 0.3) is 0 Å². The smallest absolute Gasteiger partial charge is 0.236 e. The van der Waals surface area contributed by atoms with Crippen molar-refractivity contribution in [3.8, 4) is 0 Å². The van der Waals surface area contributed by atoms with Gasteiger partial charge in [-0.25, -0.2) is 0 Å². The van der Waals surface area contributed by atoms with Crippen molar-refractivity contribution in [3.63, 3.8) is 0 Å². The van der Waals surface area contributed by atoms with Crippen LogP contribution in [0.25, 0.3) is 0 Å². The molecule has 0 aromatic heterocycles. The molecule has 7 heteroatoms. The number of amides is 1. The van der Waals surface area contributed by atoms with Crippen molar-refractivity contribution in [2.75, 3.05) is 50.8 Å². The van der Waals surface area contributed by atoms with Gasteiger partial charge in [0.05, 0.1) is 12.6 Å². The normalized spacial score (nSPS) is 20.2. The van der Waals surface area contributed by atoms with E-state index in [0.29, 0.717) is 12.6 Å². The Balaban J connectivity index is 0.00000144. The number of nitrogens with zero attached hydrogens (tertiary/aromatic N) is 2. The van der Waals surface area contributed by atoms with Gasteiger partial charge in [-0.2, -0.15) is 0 Å². The third-order valence-electron chi connectivity index (χ3n) is 4.43. The number of benzene rings is 1. The third-order valence-corrected chi connectivity index (χ3v) is 4.43. The lowest BCUT2D eigenvalue weighted by atomic mass is 10.2. The molecule has 1 aromatic carbocycles. The second-order valence-electron chi connectivity index (χ2n) is 5.97. The SMILES string of the molecule is Cl.Cl.O=C(CNCC1CCCO1)N1CCN(c2ccccc2)CC1. The molecule has 2 aliphatic heterocycles. The van der Waals surface area contributed by atoms with E-state index in [-0.39, 0.29) is 30.7 Å². The van der Waals surface area contributed by atoms with Crippen LogP contribution in [0.5, 0.6) is 0 Å². The van der Waals surface area contributed by atoms with Crippen molar-refractivity contribution in [2.24, 2.45) is 0 Å². The zero-order valence-corrected chi connectivity index (χ0v) is 15.5. The van der Waals surface area contributed by atoms with Gasteiger partial charge in [0.1, 0.15) is 0 Å². The Bertz CT molecular complexity index is 476. The van der Waals surface area contributed by atoms with Crippen LogP contribution in [0.1, 0.15) is 12.8 Å². The van der Waals surface area contributed by atoms with Gasteiger partial charge >= 0.3 is 0 Å². The van der Waals surface area contributed by atoms with E-state index in [1.165, 1.54) is 5.69 Å². The molecule has 2 fully saturated rings. The van der Waals surface area contributed by atoms with Crippen LogP contribution < -0.4 is 10.2 Å². The number of carbonyl (C=O) groups excluding carboxylic acids is 1. The highest BCUT2D eigenvalue weighted by atomic mass is 35.5. The summed E-state index contributed by atoms with van der Waals surface area (Å²) in [6.45, 7) is 5.48. The number of ether oxygens (including phenoxy) is 1. The van der Waals surface area contributed by atoms with Crippen molar-refractivity contribution < 1.29 is 9.53 Å². The number of piperazine rings is 1. The Morgan fingerprint density at radius 1 is 1.12 bits per heavy atom. The first-order chi connectivity index (χ1) is 10.8. The number of carbonyl (C=O) groups is 1. The van der Waals surface area contributed by atoms with E-state index >= 15 is 0 Å². The van der Waals surface area contributed by atoms with E-state index < -0.39 is 0 Å². The van der Waals surface area contributed by atoms with Gasteiger partial charge in [-0.15, -0.1) is 24.8 Å². The fourth-order valence-electron chi connectivity index (χ4n) is 3.11. The molecule has 1 atom stereocenters. The first-order valence-electron chi connectivity index (χ1n) is 8.23. The van der Waals surface area contributed by atoms with Gasteiger partial charge in [-0.1, -0.05) is 18.2 Å². The Kier molecular flexibility index (Phi) is 9.44. The number of nitrogens with one attached hydrogen (secondary N) is 1. The summed E-state index contributed by atoms with van der Waals surface area (Å²) in [7, 11) is 0. The highest BCUT2D eigenvalue weighted by Gasteiger charge is 2.21. The molecule has 0 bridgehead atoms. The molecule has 1 N–H and O–H groups in total. The van der Waals surface area contributed by atoms with Crippen LogP contribution in [-0.2, 0) is 9.53 Å². The maximum atomic E-state index is 12.2. The average Bonchev–Trinajstić information content (AvgIpc) is 3.09. The molecule has 24 heavy (non-hydrogen) atoms. The Morgan fingerprint density at radius 2 is 1.83 bits per heavy atom. The molecule has 2 saturated heterocycles. The van der Waals surface area contributed by atoms with E-state index in [9.17, 15) is 4.79 Å². The molecule has 0 saturated carbocycles. The first-order valence-corrected chi connectivity index (χ1v) is 8.23. The molecule has 136 valence electrons. The molecule has 5 nitrogen and oxygen atoms in total. The summed E-state index contributed by atoms with van der Waals surface area (Å²) in [5, 5.41) is 3.24. The van der Waals surface area contributed by atoms with Gasteiger partial charge in [-0.05, 0) is 25.0 Å². The van der Waals surface area contributed by atoms with Gasteiger partial charge in [0, 0.05) is 45.0 Å². The van der Waals surface area contributed by atoms with Crippen molar-refractivity contribution in [2.45, 2.75) is 18.9 Å². The molecule has 1 unspecified atom stereocenters. The van der Waals surface area contributed by atoms with Crippen molar-refractivity contribution >= 4 is 36.4 Å². The fourth-order valence-corrected chi connectivity index (χ4v) is 3.11. The second-order valence-corrected chi connectivity index (χ2v) is 5.97. The number of hydrogen-bond acceptors (Lipinski definition) is 4. The Morgan fingerprint density at radius 3 is 2.46 bits per heavy atom. The predicted molar refractivity (Wildman–Crippen MR) is 102 cm³/mol. The van der Waals surface area contributed by atoms with Gasteiger partial charge in [-0.3, -0.25) is 4.79 Å². The summed E-state index contributed by atoms with van der Waals surface area (Å²) in [5.41, 5.74) is 1.24. The summed E-state index contributed by atoms with van der Waals surface area (Å²) in [4.78, 5) is 16.5. The summed E-state index contributed by atoms with van der Waals surface area (Å²) >= 11 is 0. The molecule has 0 aliphatic carbocycles. The minimum atomic E-state index is 0. The lowest BCUT2D eigenvalue weighted by Crippen LogP contribution is -2.51. The lowest BCUT2D eigenvalue weighted by Gasteiger charge is -2.36. The standard InChI is InChI=1S/C17H25N3O2.2ClH/c21-17(14-18-13-16-7-4-12-22-16)20-10-8-19(9-11-20)15-5-2-1-3-6-15;;/h1-3,5-6,16,18H,4,7-14H2;2*1H. The van der Waals surface area contributed by atoms with Crippen LogP contribution in [0.2, 0.25) is 0 Å². The number of anilines is 1. The first kappa shape index (κ1) is 21.0. The Labute approximate surface area is 156 Å². The predicted octanol–water partition coefficient (Wildman–Crippen LogP) is 1.95. The average molecular weight is 376 g/mol. The summed E-state index contributed by atoms with van der Waals surface area (Å²) in [6, 6.07) is 10.4. The minimum absolute atomic E-state index is 0. The Hall–Kier alpha value is -1.01. The van der Waals surface area contributed by atoms with E-state index in [1.54, 1.807) is 0 Å². The van der Waals surface area contributed by atoms with E-state index in [4.69, 9.17) is 4.74 Å². The molecule has 3 rings (SSSR count). The van der Waals surface area contributed by atoms with Gasteiger partial charge < -0.3 is 19.9 Å². The molecule has 0 spiro atoms. The van der Waals surface area contributed by atoms with Crippen molar-refractivity contribution in [3.05, 3.63) is 30.3 Å². The van der Waals surface area contributed by atoms with E-state index in [2.05, 4.69) is 34.5 Å². The lowest BCUT2D eigenvalue weighted by molar-refractivity contribution is -0.130. The van der Waals surface area contributed by atoms with Crippen LogP contribution in [-0.4, -0.2) is 62.8 Å². The highest BCUT2D eigenvalue weighted by molar-refractivity contribution is 5.85. The van der Waals surface area contributed by atoms with Crippen LogP contribution in [0.3, 0.4) is 0 Å². The van der Waals surface area contributed by atoms with Gasteiger partial charge in [0.15, 0.2) is 0 Å². The van der Waals surface area contributed by atoms with Gasteiger partial charge in [0.2, 0.25) is 5.91 Å². The molecule has 2 aliphatic rings. The maximum Gasteiger partial charge on any atom is 0.236 e. The van der Waals surface area contributed by atoms with Crippen molar-refractivity contribution in [1.29, 1.82) is 0 Å². The number of hydrogen-bond donors (Lipinski definition) is 1. The van der Waals surface area contributed by atoms with Crippen LogP contribution in [0.15, 0.2) is 30.3 Å². The molecule has 1 aromatic rings. The summed E-state index contributed by atoms with van der Waals surface area (Å²) in [6.07, 6.45) is 2.54. The number of halogens is 2. The molecule has 2 heterocycles. The fraction of sp³-hybridized carbons (Fsp3) is 0.588. The number of para-hydroxylation sites is 1. The minimum Gasteiger partial charge on any atom is -0.377 e. The molecule has 1 amide bonds. The van der Waals surface area contributed by atoms with Crippen LogP contribution >= 0.6 is 24.8 Å². The van der Waals surface area contributed by atoms with E-state index in [0.717, 1.165) is 52.2 Å². The topological polar surface area (TPSA) is 44.8 Å². The quantitative estimate of drug-likeness (QED) is 0.853. The van der Waals surface area contributed by atoms with Crippen LogP contribution in [0.4, 0.5) is 5.69 Å². The zero-order valence-electron chi connectivity index (χ0n) is 13.9. The molecular weight excluding hydrogens is 349 g/mol. The monoisotopic (exact) mass is 375 g/mol.